The predicted octanol–water partition coefficient (Wildman–Crippen LogP) is 3.73. The van der Waals surface area contributed by atoms with E-state index in [4.69, 9.17) is 5.41 Å². The molecule has 5 heteroatoms. The van der Waals surface area contributed by atoms with Gasteiger partial charge in [-0.25, -0.2) is 0 Å². The molecule has 0 bridgehead atoms. The molecule has 0 rings (SSSR count). The Morgan fingerprint density at radius 1 is 1.33 bits per heavy atom. The van der Waals surface area contributed by atoms with Crippen LogP contribution in [-0.4, -0.2) is 18.6 Å². The Labute approximate surface area is 87.4 Å². The van der Waals surface area contributed by atoms with E-state index in [2.05, 4.69) is 4.99 Å². The molecular weight excluding hydrogens is 205 g/mol. The summed E-state index contributed by atoms with van der Waals surface area (Å²) < 4.78 is 37.4. The molecule has 0 aromatic carbocycles. The van der Waals surface area contributed by atoms with Crippen molar-refractivity contribution in [2.75, 3.05) is 0 Å². The Hall–Kier alpha value is -1.13. The molecule has 15 heavy (non-hydrogen) atoms. The maximum absolute atomic E-state index is 12.5. The second-order valence-corrected chi connectivity index (χ2v) is 3.07. The number of allylic oxidation sites excluding steroid dienone is 2. The molecule has 86 valence electrons. The Morgan fingerprint density at radius 3 is 2.33 bits per heavy atom. The van der Waals surface area contributed by atoms with Crippen LogP contribution >= 0.6 is 0 Å². The lowest BCUT2D eigenvalue weighted by Crippen LogP contribution is -2.12. The molecule has 0 atom stereocenters. The van der Waals surface area contributed by atoms with Gasteiger partial charge in [0.15, 0.2) is 0 Å². The number of hydrogen-bond donors (Lipinski definition) is 1. The number of rotatable bonds is 5. The van der Waals surface area contributed by atoms with Gasteiger partial charge in [0, 0.05) is 6.21 Å². The van der Waals surface area contributed by atoms with Gasteiger partial charge in [0.25, 0.3) is 0 Å². The molecule has 0 saturated carbocycles. The highest BCUT2D eigenvalue weighted by Gasteiger charge is 2.34. The first-order valence-corrected chi connectivity index (χ1v) is 4.71. The molecule has 0 heterocycles. The van der Waals surface area contributed by atoms with Crippen LogP contribution < -0.4 is 0 Å². The van der Waals surface area contributed by atoms with E-state index in [1.807, 2.05) is 0 Å². The van der Waals surface area contributed by atoms with Gasteiger partial charge in [-0.15, -0.1) is 0 Å². The number of nitrogens with zero attached hydrogens (tertiary/aromatic N) is 1. The van der Waals surface area contributed by atoms with E-state index in [0.717, 1.165) is 6.21 Å². The number of hydrogen-bond acceptors (Lipinski definition) is 2. The van der Waals surface area contributed by atoms with Crippen molar-refractivity contribution in [2.45, 2.75) is 39.3 Å². The second-order valence-electron chi connectivity index (χ2n) is 3.07. The van der Waals surface area contributed by atoms with Gasteiger partial charge in [-0.3, -0.25) is 4.99 Å². The Morgan fingerprint density at radius 2 is 1.93 bits per heavy atom. The zero-order valence-corrected chi connectivity index (χ0v) is 8.86. The van der Waals surface area contributed by atoms with E-state index in [0.29, 0.717) is 19.3 Å². The first-order chi connectivity index (χ1) is 6.93. The lowest BCUT2D eigenvalue weighted by atomic mass is 10.2. The van der Waals surface area contributed by atoms with Crippen LogP contribution in [0.5, 0.6) is 0 Å². The zero-order chi connectivity index (χ0) is 11.9. The zero-order valence-electron chi connectivity index (χ0n) is 8.86. The van der Waals surface area contributed by atoms with Crippen LogP contribution in [-0.2, 0) is 0 Å². The number of unbranched alkanes of at least 4 members (excludes halogenated alkanes) is 1. The lowest BCUT2D eigenvalue weighted by molar-refractivity contribution is -0.0932. The second kappa shape index (κ2) is 6.37. The smallest absolute Gasteiger partial charge is 0.313 e. The molecule has 0 aliphatic heterocycles. The van der Waals surface area contributed by atoms with Gasteiger partial charge < -0.3 is 5.41 Å². The molecular formula is C10H15F3N2. The van der Waals surface area contributed by atoms with Crippen LogP contribution in [0.25, 0.3) is 0 Å². The molecule has 0 unspecified atom stereocenters. The van der Waals surface area contributed by atoms with Crippen molar-refractivity contribution < 1.29 is 13.2 Å². The van der Waals surface area contributed by atoms with E-state index in [-0.39, 0.29) is 5.57 Å². The molecule has 0 amide bonds. The number of alkyl halides is 3. The molecule has 0 aliphatic carbocycles. The van der Waals surface area contributed by atoms with Crippen molar-refractivity contribution >= 4 is 12.4 Å². The van der Waals surface area contributed by atoms with Crippen molar-refractivity contribution in [1.82, 2.24) is 0 Å². The average molecular weight is 220 g/mol. The molecule has 0 spiro atoms. The topological polar surface area (TPSA) is 36.2 Å². The van der Waals surface area contributed by atoms with Gasteiger partial charge in [-0.1, -0.05) is 6.92 Å². The largest absolute Gasteiger partial charge is 0.433 e. The summed E-state index contributed by atoms with van der Waals surface area (Å²) in [5.74, 6) is 0. The quantitative estimate of drug-likeness (QED) is 0.541. The lowest BCUT2D eigenvalue weighted by Gasteiger charge is -2.09. The van der Waals surface area contributed by atoms with Crippen molar-refractivity contribution in [1.29, 1.82) is 5.41 Å². The van der Waals surface area contributed by atoms with Gasteiger partial charge in [0.2, 0.25) is 0 Å². The maximum Gasteiger partial charge on any atom is 0.433 e. The summed E-state index contributed by atoms with van der Waals surface area (Å²) in [4.78, 5) is 3.43. The Balaban J connectivity index is 4.69. The van der Waals surface area contributed by atoms with Crippen LogP contribution in [0.1, 0.15) is 33.1 Å². The fourth-order valence-corrected chi connectivity index (χ4v) is 0.906. The summed E-state index contributed by atoms with van der Waals surface area (Å²) in [6.07, 6.45) is -0.916. The highest BCUT2D eigenvalue weighted by Crippen LogP contribution is 2.30. The van der Waals surface area contributed by atoms with E-state index in [1.54, 1.807) is 6.92 Å². The highest BCUT2D eigenvalue weighted by molar-refractivity contribution is 5.65. The summed E-state index contributed by atoms with van der Waals surface area (Å²) in [5.41, 5.74) is -0.580. The molecule has 2 nitrogen and oxygen atoms in total. The highest BCUT2D eigenvalue weighted by atomic mass is 19.4. The molecule has 0 fully saturated rings. The summed E-state index contributed by atoms with van der Waals surface area (Å²) in [7, 11) is 0. The minimum absolute atomic E-state index is 0.230. The molecule has 1 N–H and O–H groups in total. The monoisotopic (exact) mass is 220 g/mol. The van der Waals surface area contributed by atoms with Crippen LogP contribution in [0.15, 0.2) is 16.3 Å². The third kappa shape index (κ3) is 5.34. The molecule has 0 aromatic rings. The molecule has 0 aliphatic rings. The van der Waals surface area contributed by atoms with Crippen LogP contribution in [0.3, 0.4) is 0 Å². The summed E-state index contributed by atoms with van der Waals surface area (Å²) >= 11 is 0. The number of halogens is 3. The van der Waals surface area contributed by atoms with Gasteiger partial charge >= 0.3 is 6.18 Å². The minimum Gasteiger partial charge on any atom is -0.313 e. The molecule has 0 aromatic heterocycles. The van der Waals surface area contributed by atoms with E-state index in [9.17, 15) is 13.2 Å². The van der Waals surface area contributed by atoms with Crippen molar-refractivity contribution in [3.05, 3.63) is 11.3 Å². The van der Waals surface area contributed by atoms with Gasteiger partial charge in [0.1, 0.15) is 5.70 Å². The Kier molecular flexibility index (Phi) is 5.89. The van der Waals surface area contributed by atoms with E-state index < -0.39 is 11.9 Å². The van der Waals surface area contributed by atoms with Gasteiger partial charge in [-0.05, 0) is 38.0 Å². The first-order valence-electron chi connectivity index (χ1n) is 4.71. The maximum atomic E-state index is 12.5. The SMILES string of the molecule is CC/C(C)=C(\N=CCCC=N)C(F)(F)F. The fourth-order valence-electron chi connectivity index (χ4n) is 0.906. The summed E-state index contributed by atoms with van der Waals surface area (Å²) in [6, 6.07) is 0. The van der Waals surface area contributed by atoms with Crippen molar-refractivity contribution in [2.24, 2.45) is 4.99 Å². The third-order valence-corrected chi connectivity index (χ3v) is 1.86. The standard InChI is InChI=1S/C10H15F3N2/c1-3-8(2)9(10(11,12)13)15-7-5-4-6-14/h6-7,14H,3-5H2,1-2H3/b9-8-,14-6?,15-7?. The minimum atomic E-state index is -4.39. The van der Waals surface area contributed by atoms with Crippen LogP contribution in [0.2, 0.25) is 0 Å². The average Bonchev–Trinajstić information content (AvgIpc) is 2.15. The summed E-state index contributed by atoms with van der Waals surface area (Å²) in [5, 5.41) is 6.71. The third-order valence-electron chi connectivity index (χ3n) is 1.86. The van der Waals surface area contributed by atoms with Crippen molar-refractivity contribution in [3.8, 4) is 0 Å². The number of aliphatic imine (C=N–C) groups is 1. The normalized spacial score (nSPS) is 14.2. The van der Waals surface area contributed by atoms with Crippen molar-refractivity contribution in [3.63, 3.8) is 0 Å². The first kappa shape index (κ1) is 13.9. The summed E-state index contributed by atoms with van der Waals surface area (Å²) in [6.45, 7) is 3.09. The fraction of sp³-hybridized carbons (Fsp3) is 0.600. The van der Waals surface area contributed by atoms with Crippen LogP contribution in [0, 0.1) is 5.41 Å². The Bertz CT molecular complexity index is 264. The molecule has 0 saturated heterocycles. The predicted molar refractivity (Wildman–Crippen MR) is 55.6 cm³/mol. The van der Waals surface area contributed by atoms with Gasteiger partial charge in [0.05, 0.1) is 0 Å². The number of nitrogens with one attached hydrogen (secondary N) is 1. The molecule has 0 radical (unpaired) electrons. The van der Waals surface area contributed by atoms with E-state index in [1.165, 1.54) is 13.1 Å². The van der Waals surface area contributed by atoms with E-state index >= 15 is 0 Å². The van der Waals surface area contributed by atoms with Crippen LogP contribution in [0.4, 0.5) is 13.2 Å². The van der Waals surface area contributed by atoms with Gasteiger partial charge in [-0.2, -0.15) is 13.2 Å².